The van der Waals surface area contributed by atoms with Crippen LogP contribution in [0.4, 0.5) is 4.79 Å². The first kappa shape index (κ1) is 15.2. The lowest BCUT2D eigenvalue weighted by molar-refractivity contribution is 0.204. The smallest absolute Gasteiger partial charge is 0.318 e. The van der Waals surface area contributed by atoms with Crippen LogP contribution in [0.2, 0.25) is 0 Å². The molecule has 2 aliphatic rings. The number of alkyl halides is 1. The average molecular weight is 369 g/mol. The van der Waals surface area contributed by atoms with Gasteiger partial charge in [0.25, 0.3) is 0 Å². The van der Waals surface area contributed by atoms with E-state index in [1.165, 1.54) is 24.8 Å². The van der Waals surface area contributed by atoms with Crippen molar-refractivity contribution in [3.05, 3.63) is 35.9 Å². The number of rotatable bonds is 6. The van der Waals surface area contributed by atoms with Gasteiger partial charge in [0.1, 0.15) is 0 Å². The van der Waals surface area contributed by atoms with E-state index >= 15 is 0 Å². The summed E-state index contributed by atoms with van der Waals surface area (Å²) in [6, 6.07) is 11.1. The fraction of sp³-hybridized carbons (Fsp3) is 0.562. The molecule has 2 amide bonds. The quantitative estimate of drug-likeness (QED) is 0.472. The lowest BCUT2D eigenvalue weighted by Crippen LogP contribution is -2.37. The third kappa shape index (κ3) is 3.39. The third-order valence-corrected chi connectivity index (χ3v) is 6.37. The molecule has 0 radical (unpaired) electrons. The molecule has 3 unspecified atom stereocenters. The summed E-state index contributed by atoms with van der Waals surface area (Å²) in [6.45, 7) is 0.725. The Hall–Kier alpha value is -0.680. The zero-order valence-corrected chi connectivity index (χ0v) is 14.4. The molecule has 3 rings (SSSR count). The van der Waals surface area contributed by atoms with Gasteiger partial charge in [-0.15, -0.1) is 0 Å². The summed E-state index contributed by atoms with van der Waals surface area (Å²) >= 11 is 5.52. The fourth-order valence-corrected chi connectivity index (χ4v) is 5.22. The van der Waals surface area contributed by atoms with E-state index in [-0.39, 0.29) is 6.03 Å². The van der Waals surface area contributed by atoms with Gasteiger partial charge in [0.05, 0.1) is 12.1 Å². The van der Waals surface area contributed by atoms with Crippen molar-refractivity contribution in [3.63, 3.8) is 0 Å². The number of carbonyl (C=O) groups excluding carboxylic acids is 1. The van der Waals surface area contributed by atoms with Crippen LogP contribution in [0.5, 0.6) is 0 Å². The number of fused-ring (bicyclic) bond motifs is 1. The first-order valence-electron chi connectivity index (χ1n) is 7.58. The van der Waals surface area contributed by atoms with E-state index in [0.29, 0.717) is 17.3 Å². The molecule has 1 N–H and O–H groups in total. The molecule has 21 heavy (non-hydrogen) atoms. The second-order valence-corrected chi connectivity index (χ2v) is 7.78. The lowest BCUT2D eigenvalue weighted by Gasteiger charge is -2.22. The predicted molar refractivity (Wildman–Crippen MR) is 92.0 cm³/mol. The van der Waals surface area contributed by atoms with Crippen molar-refractivity contribution in [1.82, 2.24) is 10.2 Å². The van der Waals surface area contributed by atoms with Gasteiger partial charge in [-0.25, -0.2) is 4.79 Å². The molecule has 1 aromatic rings. The van der Waals surface area contributed by atoms with Crippen LogP contribution >= 0.6 is 27.7 Å². The van der Waals surface area contributed by atoms with Crippen LogP contribution in [0.25, 0.3) is 0 Å². The molecule has 2 heterocycles. The molecule has 0 aliphatic carbocycles. The number of urea groups is 1. The molecule has 2 saturated heterocycles. The van der Waals surface area contributed by atoms with Gasteiger partial charge < -0.3 is 10.2 Å². The van der Waals surface area contributed by atoms with Gasteiger partial charge in [-0.1, -0.05) is 52.7 Å². The van der Waals surface area contributed by atoms with Crippen molar-refractivity contribution < 1.29 is 4.79 Å². The number of nitrogens with zero attached hydrogens (tertiary/aromatic N) is 1. The van der Waals surface area contributed by atoms with Crippen molar-refractivity contribution in [2.75, 3.05) is 11.1 Å². The van der Waals surface area contributed by atoms with Gasteiger partial charge in [0.2, 0.25) is 0 Å². The highest BCUT2D eigenvalue weighted by molar-refractivity contribution is 9.09. The Kier molecular flexibility index (Phi) is 5.11. The minimum absolute atomic E-state index is 0.111. The minimum Gasteiger partial charge on any atom is -0.332 e. The Morgan fingerprint density at radius 1 is 1.29 bits per heavy atom. The highest BCUT2D eigenvalue weighted by Crippen LogP contribution is 2.37. The molecule has 0 spiro atoms. The number of amides is 2. The van der Waals surface area contributed by atoms with Crippen LogP contribution in [0.3, 0.4) is 0 Å². The lowest BCUT2D eigenvalue weighted by atomic mass is 10.0. The fourth-order valence-electron chi connectivity index (χ4n) is 3.20. The predicted octanol–water partition coefficient (Wildman–Crippen LogP) is 3.63. The highest BCUT2D eigenvalue weighted by Gasteiger charge is 2.47. The van der Waals surface area contributed by atoms with Crippen LogP contribution in [-0.4, -0.2) is 39.3 Å². The summed E-state index contributed by atoms with van der Waals surface area (Å²) in [6.07, 6.45) is 3.66. The number of carbonyl (C=O) groups is 1. The summed E-state index contributed by atoms with van der Waals surface area (Å²) in [5, 5.41) is 4.87. The largest absolute Gasteiger partial charge is 0.332 e. The minimum atomic E-state index is 0.111. The van der Waals surface area contributed by atoms with Crippen molar-refractivity contribution >= 4 is 33.7 Å². The maximum atomic E-state index is 12.3. The number of benzene rings is 1. The van der Waals surface area contributed by atoms with Crippen LogP contribution in [0, 0.1) is 0 Å². The molecule has 2 aliphatic heterocycles. The third-order valence-electron chi connectivity index (χ3n) is 4.32. The Balaban J connectivity index is 1.62. The summed E-state index contributed by atoms with van der Waals surface area (Å²) in [4.78, 5) is 14.3. The van der Waals surface area contributed by atoms with Crippen LogP contribution in [0.1, 0.15) is 24.8 Å². The molecule has 2 fully saturated rings. The maximum Gasteiger partial charge on any atom is 0.318 e. The van der Waals surface area contributed by atoms with Crippen molar-refractivity contribution in [2.45, 2.75) is 43.1 Å². The molecule has 1 aromatic carbocycles. The van der Waals surface area contributed by atoms with Crippen LogP contribution in [-0.2, 0) is 6.54 Å². The second-order valence-electron chi connectivity index (χ2n) is 5.71. The topological polar surface area (TPSA) is 32.3 Å². The number of hydrogen-bond donors (Lipinski definition) is 1. The van der Waals surface area contributed by atoms with Gasteiger partial charge in [-0.2, -0.15) is 11.8 Å². The van der Waals surface area contributed by atoms with Gasteiger partial charge >= 0.3 is 6.03 Å². The molecule has 3 atom stereocenters. The summed E-state index contributed by atoms with van der Waals surface area (Å²) in [7, 11) is 0. The van der Waals surface area contributed by atoms with E-state index in [0.717, 1.165) is 17.6 Å². The van der Waals surface area contributed by atoms with Crippen LogP contribution in [0.15, 0.2) is 30.3 Å². The number of halogens is 1. The Morgan fingerprint density at radius 2 is 2.10 bits per heavy atom. The molecular formula is C16H21BrN2OS. The maximum absolute atomic E-state index is 12.3. The number of unbranched alkanes of at least 4 members (excludes halogenated alkanes) is 1. The van der Waals surface area contributed by atoms with Gasteiger partial charge in [-0.3, -0.25) is 0 Å². The summed E-state index contributed by atoms with van der Waals surface area (Å²) < 4.78 is 0. The summed E-state index contributed by atoms with van der Waals surface area (Å²) in [5.41, 5.74) is 1.21. The molecule has 0 bridgehead atoms. The number of hydrogen-bond acceptors (Lipinski definition) is 2. The summed E-state index contributed by atoms with van der Waals surface area (Å²) in [5.74, 6) is 1.06. The van der Waals surface area contributed by atoms with E-state index in [1.54, 1.807) is 0 Å². The van der Waals surface area contributed by atoms with Crippen molar-refractivity contribution in [3.8, 4) is 0 Å². The molecule has 3 nitrogen and oxygen atoms in total. The SMILES string of the molecule is O=C1NC2C(CCCCBr)SCC2N1Cc1ccccc1. The molecule has 0 saturated carbocycles. The van der Waals surface area contributed by atoms with Crippen LogP contribution < -0.4 is 5.32 Å². The van der Waals surface area contributed by atoms with Gasteiger partial charge in [-0.05, 0) is 18.4 Å². The van der Waals surface area contributed by atoms with E-state index in [9.17, 15) is 4.79 Å². The van der Waals surface area contributed by atoms with Gasteiger partial charge in [0.15, 0.2) is 0 Å². The van der Waals surface area contributed by atoms with Crippen molar-refractivity contribution in [1.29, 1.82) is 0 Å². The van der Waals surface area contributed by atoms with E-state index in [4.69, 9.17) is 0 Å². The van der Waals surface area contributed by atoms with E-state index in [1.807, 2.05) is 34.9 Å². The average Bonchev–Trinajstić information content (AvgIpc) is 3.02. The number of nitrogens with one attached hydrogen (secondary N) is 1. The first-order valence-corrected chi connectivity index (χ1v) is 9.75. The van der Waals surface area contributed by atoms with Crippen molar-refractivity contribution in [2.24, 2.45) is 0 Å². The molecule has 0 aromatic heterocycles. The Morgan fingerprint density at radius 3 is 2.86 bits per heavy atom. The van der Waals surface area contributed by atoms with E-state index < -0.39 is 0 Å². The zero-order chi connectivity index (χ0) is 14.7. The Bertz CT molecular complexity index is 484. The molecule has 114 valence electrons. The second kappa shape index (κ2) is 7.05. The van der Waals surface area contributed by atoms with E-state index in [2.05, 4.69) is 33.4 Å². The molecule has 5 heteroatoms. The number of thioether (sulfide) groups is 1. The monoisotopic (exact) mass is 368 g/mol. The Labute approximate surface area is 139 Å². The zero-order valence-electron chi connectivity index (χ0n) is 12.0. The first-order chi connectivity index (χ1) is 10.3. The normalized spacial score (nSPS) is 27.8. The standard InChI is InChI=1S/C16H21BrN2OS/c17-9-5-4-8-14-15-13(11-21-14)19(16(20)18-15)10-12-6-2-1-3-7-12/h1-3,6-7,13-15H,4-5,8-11H2,(H,18,20). The van der Waals surface area contributed by atoms with Gasteiger partial charge in [0, 0.05) is 22.9 Å². The molecular weight excluding hydrogens is 348 g/mol. The highest BCUT2D eigenvalue weighted by atomic mass is 79.9.